The highest BCUT2D eigenvalue weighted by atomic mass is 16.7. The van der Waals surface area contributed by atoms with Crippen LogP contribution in [0.1, 0.15) is 56.6 Å². The molecule has 1 fully saturated rings. The van der Waals surface area contributed by atoms with E-state index in [9.17, 15) is 0 Å². The number of fused-ring (bicyclic) bond motifs is 5. The van der Waals surface area contributed by atoms with Crippen LogP contribution in [0.2, 0.25) is 0 Å². The first-order valence-electron chi connectivity index (χ1n) is 9.14. The van der Waals surface area contributed by atoms with Crippen LogP contribution in [-0.4, -0.2) is 20.1 Å². The summed E-state index contributed by atoms with van der Waals surface area (Å²) in [5, 5.41) is 0. The second-order valence-corrected chi connectivity index (χ2v) is 7.37. The Hall–Kier alpha value is -1.51. The molecule has 0 N–H and O–H groups in total. The molecule has 0 amide bonds. The lowest BCUT2D eigenvalue weighted by Gasteiger charge is -2.52. The molecule has 0 radical (unpaired) electrons. The van der Waals surface area contributed by atoms with Gasteiger partial charge in [-0.15, -0.1) is 0 Å². The lowest BCUT2D eigenvalue weighted by molar-refractivity contribution is 0.116. The molecule has 3 heteroatoms. The van der Waals surface area contributed by atoms with Crippen LogP contribution < -0.4 is 9.47 Å². The fraction of sp³-hybridized carbons (Fsp3) is 0.650. The standard InChI is InChI=1S/C20H27NO2/c1-3-9-20-10-5-4-6-16(20)15(12-21-2)11-14-7-8-17-19(18(14)20)23-13-22-17/h7-8,12,15-16H,3-6,9-11,13H2,1-2H3/t15?,16-,20-/m1/s1. The molecule has 23 heavy (non-hydrogen) atoms. The summed E-state index contributed by atoms with van der Waals surface area (Å²) < 4.78 is 11.6. The predicted molar refractivity (Wildman–Crippen MR) is 92.7 cm³/mol. The van der Waals surface area contributed by atoms with E-state index >= 15 is 0 Å². The maximum Gasteiger partial charge on any atom is 0.231 e. The number of nitrogens with zero attached hydrogens (tertiary/aromatic N) is 1. The number of benzene rings is 1. The van der Waals surface area contributed by atoms with Gasteiger partial charge < -0.3 is 14.5 Å². The van der Waals surface area contributed by atoms with Crippen LogP contribution in [0.5, 0.6) is 11.5 Å². The highest BCUT2D eigenvalue weighted by Crippen LogP contribution is 2.58. The Balaban J connectivity index is 1.92. The van der Waals surface area contributed by atoms with Gasteiger partial charge in [0.25, 0.3) is 0 Å². The van der Waals surface area contributed by atoms with Crippen molar-refractivity contribution in [1.82, 2.24) is 0 Å². The number of hydrogen-bond acceptors (Lipinski definition) is 3. The van der Waals surface area contributed by atoms with Crippen molar-refractivity contribution < 1.29 is 9.47 Å². The molecule has 124 valence electrons. The van der Waals surface area contributed by atoms with Crippen molar-refractivity contribution in [3.05, 3.63) is 23.3 Å². The first-order chi connectivity index (χ1) is 11.3. The van der Waals surface area contributed by atoms with Crippen LogP contribution in [0.3, 0.4) is 0 Å². The van der Waals surface area contributed by atoms with Crippen molar-refractivity contribution in [3.8, 4) is 11.5 Å². The van der Waals surface area contributed by atoms with Crippen LogP contribution in [0.25, 0.3) is 0 Å². The lowest BCUT2D eigenvalue weighted by Crippen LogP contribution is -2.47. The van der Waals surface area contributed by atoms with Crippen LogP contribution in [-0.2, 0) is 11.8 Å². The van der Waals surface area contributed by atoms with E-state index in [0.29, 0.717) is 18.6 Å². The molecule has 0 aromatic heterocycles. The van der Waals surface area contributed by atoms with Crippen molar-refractivity contribution in [3.63, 3.8) is 0 Å². The van der Waals surface area contributed by atoms with Crippen molar-refractivity contribution in [1.29, 1.82) is 0 Å². The van der Waals surface area contributed by atoms with Gasteiger partial charge in [0.05, 0.1) is 0 Å². The summed E-state index contributed by atoms with van der Waals surface area (Å²) in [6, 6.07) is 4.38. The zero-order valence-electron chi connectivity index (χ0n) is 14.3. The predicted octanol–water partition coefficient (Wildman–Crippen LogP) is 4.52. The van der Waals surface area contributed by atoms with Gasteiger partial charge in [0.2, 0.25) is 6.79 Å². The van der Waals surface area contributed by atoms with E-state index in [0.717, 1.165) is 17.9 Å². The molecule has 0 spiro atoms. The quantitative estimate of drug-likeness (QED) is 0.768. The van der Waals surface area contributed by atoms with E-state index in [4.69, 9.17) is 9.47 Å². The summed E-state index contributed by atoms with van der Waals surface area (Å²) in [4.78, 5) is 4.41. The minimum Gasteiger partial charge on any atom is -0.454 e. The molecular weight excluding hydrogens is 286 g/mol. The Morgan fingerprint density at radius 3 is 3.04 bits per heavy atom. The molecule has 3 aliphatic rings. The topological polar surface area (TPSA) is 30.8 Å². The number of rotatable bonds is 3. The smallest absolute Gasteiger partial charge is 0.231 e. The number of hydrogen-bond donors (Lipinski definition) is 0. The SMILES string of the molecule is CCC[C@@]12CCCC[C@@H]1C(C=NC)Cc1ccc3c(c12)OCO3. The average Bonchev–Trinajstić information content (AvgIpc) is 3.03. The summed E-state index contributed by atoms with van der Waals surface area (Å²) in [6.07, 6.45) is 11.1. The normalized spacial score (nSPS) is 31.9. The van der Waals surface area contributed by atoms with Gasteiger partial charge in [0.1, 0.15) is 0 Å². The van der Waals surface area contributed by atoms with Gasteiger partial charge in [0.15, 0.2) is 11.5 Å². The zero-order valence-corrected chi connectivity index (χ0v) is 14.3. The number of ether oxygens (including phenoxy) is 2. The van der Waals surface area contributed by atoms with Crippen molar-refractivity contribution in [2.24, 2.45) is 16.8 Å². The molecule has 3 atom stereocenters. The Bertz CT molecular complexity index is 620. The second-order valence-electron chi connectivity index (χ2n) is 7.37. The molecule has 1 saturated carbocycles. The summed E-state index contributed by atoms with van der Waals surface area (Å²) in [5.41, 5.74) is 3.21. The van der Waals surface area contributed by atoms with Crippen molar-refractivity contribution in [2.45, 2.75) is 57.3 Å². The fourth-order valence-corrected chi connectivity index (χ4v) is 5.56. The van der Waals surface area contributed by atoms with Crippen LogP contribution in [0.4, 0.5) is 0 Å². The minimum atomic E-state index is 0.255. The largest absolute Gasteiger partial charge is 0.454 e. The maximum atomic E-state index is 5.96. The van der Waals surface area contributed by atoms with E-state index < -0.39 is 0 Å². The van der Waals surface area contributed by atoms with Gasteiger partial charge in [-0.25, -0.2) is 0 Å². The molecule has 0 saturated heterocycles. The Kier molecular flexibility index (Phi) is 3.82. The molecule has 1 unspecified atom stereocenters. The molecule has 1 heterocycles. The molecule has 2 aliphatic carbocycles. The van der Waals surface area contributed by atoms with Gasteiger partial charge >= 0.3 is 0 Å². The lowest BCUT2D eigenvalue weighted by atomic mass is 9.52. The van der Waals surface area contributed by atoms with E-state index in [1.54, 1.807) is 0 Å². The van der Waals surface area contributed by atoms with Gasteiger partial charge in [0, 0.05) is 30.2 Å². The van der Waals surface area contributed by atoms with E-state index in [1.165, 1.54) is 49.7 Å². The van der Waals surface area contributed by atoms with Gasteiger partial charge in [-0.3, -0.25) is 0 Å². The second kappa shape index (κ2) is 5.85. The summed E-state index contributed by atoms with van der Waals surface area (Å²) in [7, 11) is 1.92. The van der Waals surface area contributed by atoms with Crippen LogP contribution in [0.15, 0.2) is 17.1 Å². The summed E-state index contributed by atoms with van der Waals surface area (Å²) in [6.45, 7) is 2.69. The van der Waals surface area contributed by atoms with Crippen molar-refractivity contribution in [2.75, 3.05) is 13.8 Å². The Morgan fingerprint density at radius 2 is 2.22 bits per heavy atom. The molecule has 3 nitrogen and oxygen atoms in total. The minimum absolute atomic E-state index is 0.255. The van der Waals surface area contributed by atoms with E-state index in [2.05, 4.69) is 30.3 Å². The third-order valence-electron chi connectivity index (χ3n) is 6.23. The Labute approximate surface area is 139 Å². The zero-order chi connectivity index (χ0) is 15.9. The first kappa shape index (κ1) is 15.0. The van der Waals surface area contributed by atoms with Gasteiger partial charge in [-0.1, -0.05) is 32.3 Å². The first-order valence-corrected chi connectivity index (χ1v) is 9.14. The highest BCUT2D eigenvalue weighted by molar-refractivity contribution is 5.66. The monoisotopic (exact) mass is 313 g/mol. The Morgan fingerprint density at radius 1 is 1.30 bits per heavy atom. The third-order valence-corrected chi connectivity index (χ3v) is 6.23. The third kappa shape index (κ3) is 2.20. The van der Waals surface area contributed by atoms with Gasteiger partial charge in [-0.05, 0) is 43.2 Å². The maximum absolute atomic E-state index is 5.96. The molecular formula is C20H27NO2. The molecule has 1 aliphatic heterocycles. The molecule has 1 aromatic rings. The average molecular weight is 313 g/mol. The van der Waals surface area contributed by atoms with E-state index in [1.807, 2.05) is 7.05 Å². The number of aliphatic imine (C=N–C) groups is 1. The highest BCUT2D eigenvalue weighted by Gasteiger charge is 2.51. The molecule has 0 bridgehead atoms. The molecule has 4 rings (SSSR count). The van der Waals surface area contributed by atoms with Crippen molar-refractivity contribution >= 4 is 6.21 Å². The molecule has 1 aromatic carbocycles. The summed E-state index contributed by atoms with van der Waals surface area (Å²) >= 11 is 0. The fourth-order valence-electron chi connectivity index (χ4n) is 5.56. The van der Waals surface area contributed by atoms with Gasteiger partial charge in [-0.2, -0.15) is 0 Å². The van der Waals surface area contributed by atoms with Crippen LogP contribution in [0, 0.1) is 11.8 Å². The summed E-state index contributed by atoms with van der Waals surface area (Å²) in [5.74, 6) is 3.27. The van der Waals surface area contributed by atoms with E-state index in [-0.39, 0.29) is 5.41 Å². The van der Waals surface area contributed by atoms with Crippen LogP contribution >= 0.6 is 0 Å².